The van der Waals surface area contributed by atoms with Crippen LogP contribution in [-0.2, 0) is 16.4 Å². The number of halogens is 2. The molecule has 2 aromatic carbocycles. The molecule has 1 aliphatic rings. The lowest BCUT2D eigenvalue weighted by Gasteiger charge is -2.09. The minimum atomic E-state index is -3.33. The van der Waals surface area contributed by atoms with E-state index in [-0.39, 0.29) is 0 Å². The molecule has 0 saturated heterocycles. The molecule has 4 aromatic rings. The Morgan fingerprint density at radius 2 is 1.76 bits per heavy atom. The Labute approximate surface area is 213 Å². The third-order valence-electron chi connectivity index (χ3n) is 5.77. The standard InChI is InChI=1S/C14H16ClN3O2S.C10H10ClNS/c1-9-14(21(2,19)20)10-4-3-5-11(15)13(10)18(9)8-12-16-6-7-17-12;1-6-10(13-2)7-4-3-5-8(11)9(7)12-6/h3-5H,6-8H2,1-2H3,(H,16,17);3-5,12H,1-2H3. The van der Waals surface area contributed by atoms with Gasteiger partial charge in [0, 0.05) is 39.9 Å². The molecule has 0 spiro atoms. The molecule has 180 valence electrons. The van der Waals surface area contributed by atoms with Crippen molar-refractivity contribution in [2.24, 2.45) is 4.99 Å². The number of sulfone groups is 1. The molecule has 0 unspecified atom stereocenters. The number of hydrogen-bond donors (Lipinski definition) is 2. The maximum atomic E-state index is 12.1. The van der Waals surface area contributed by atoms with Crippen LogP contribution in [0.3, 0.4) is 0 Å². The zero-order valence-corrected chi connectivity index (χ0v) is 22.5. The van der Waals surface area contributed by atoms with Gasteiger partial charge in [0.25, 0.3) is 0 Å². The fourth-order valence-electron chi connectivity index (χ4n) is 4.38. The molecule has 3 heterocycles. The number of fused-ring (bicyclic) bond motifs is 2. The van der Waals surface area contributed by atoms with Gasteiger partial charge in [-0.05, 0) is 32.2 Å². The number of thioether (sulfide) groups is 1. The third-order valence-corrected chi connectivity index (χ3v) is 8.58. The summed E-state index contributed by atoms with van der Waals surface area (Å²) < 4.78 is 26.2. The van der Waals surface area contributed by atoms with Gasteiger partial charge >= 0.3 is 0 Å². The van der Waals surface area contributed by atoms with E-state index in [0.29, 0.717) is 27.5 Å². The largest absolute Gasteiger partial charge is 0.370 e. The van der Waals surface area contributed by atoms with Crippen LogP contribution in [0.15, 0.2) is 51.2 Å². The molecule has 5 rings (SSSR count). The minimum absolute atomic E-state index is 0.346. The topological polar surface area (TPSA) is 79.2 Å². The molecule has 0 aliphatic carbocycles. The first-order valence-electron chi connectivity index (χ1n) is 10.7. The molecule has 6 nitrogen and oxygen atoms in total. The quantitative estimate of drug-likeness (QED) is 0.320. The second-order valence-corrected chi connectivity index (χ2v) is 11.7. The molecular formula is C24H26Cl2N4O2S2. The van der Waals surface area contributed by atoms with E-state index in [4.69, 9.17) is 23.2 Å². The summed E-state index contributed by atoms with van der Waals surface area (Å²) >= 11 is 14.1. The molecule has 10 heteroatoms. The normalized spacial score (nSPS) is 13.6. The Morgan fingerprint density at radius 1 is 1.09 bits per heavy atom. The highest BCUT2D eigenvalue weighted by molar-refractivity contribution is 7.98. The number of nitrogens with zero attached hydrogens (tertiary/aromatic N) is 2. The molecular weight excluding hydrogens is 511 g/mol. The zero-order valence-electron chi connectivity index (χ0n) is 19.4. The molecule has 0 bridgehead atoms. The van der Waals surface area contributed by atoms with Crippen LogP contribution < -0.4 is 5.32 Å². The first-order chi connectivity index (χ1) is 16.1. The molecule has 0 fully saturated rings. The van der Waals surface area contributed by atoms with Crippen molar-refractivity contribution in [3.63, 3.8) is 0 Å². The summed E-state index contributed by atoms with van der Waals surface area (Å²) in [5.74, 6) is 0.856. The number of para-hydroxylation sites is 2. The van der Waals surface area contributed by atoms with Crippen LogP contribution in [0.25, 0.3) is 21.8 Å². The van der Waals surface area contributed by atoms with E-state index in [2.05, 4.69) is 34.5 Å². The lowest BCUT2D eigenvalue weighted by atomic mass is 10.2. The van der Waals surface area contributed by atoms with Crippen LogP contribution >= 0.6 is 35.0 Å². The van der Waals surface area contributed by atoms with Gasteiger partial charge in [0.2, 0.25) is 0 Å². The van der Waals surface area contributed by atoms with E-state index < -0.39 is 9.84 Å². The molecule has 2 aromatic heterocycles. The van der Waals surface area contributed by atoms with Crippen LogP contribution in [0, 0.1) is 13.8 Å². The van der Waals surface area contributed by atoms with Crippen molar-refractivity contribution in [3.05, 3.63) is 57.8 Å². The minimum Gasteiger partial charge on any atom is -0.370 e. The summed E-state index contributed by atoms with van der Waals surface area (Å²) in [6.45, 7) is 5.95. The Bertz CT molecular complexity index is 1520. The summed E-state index contributed by atoms with van der Waals surface area (Å²) in [5.41, 5.74) is 3.67. The number of aliphatic imine (C=N–C) groups is 1. The van der Waals surface area contributed by atoms with E-state index in [9.17, 15) is 8.42 Å². The molecule has 34 heavy (non-hydrogen) atoms. The van der Waals surface area contributed by atoms with Gasteiger partial charge in [-0.3, -0.25) is 4.99 Å². The SMILES string of the molecule is CSc1c(C)[nH]c2c(Cl)cccc12.Cc1c(S(C)(=O)=O)c2cccc(Cl)c2n1CC1=NCCN1. The average molecular weight is 538 g/mol. The van der Waals surface area contributed by atoms with Crippen molar-refractivity contribution < 1.29 is 8.42 Å². The van der Waals surface area contributed by atoms with Crippen molar-refractivity contribution >= 4 is 72.4 Å². The van der Waals surface area contributed by atoms with Crippen LogP contribution in [0.5, 0.6) is 0 Å². The van der Waals surface area contributed by atoms with Crippen LogP contribution in [0.1, 0.15) is 11.4 Å². The Balaban J connectivity index is 0.000000180. The monoisotopic (exact) mass is 536 g/mol. The number of H-pyrrole nitrogens is 1. The fourth-order valence-corrected chi connectivity index (χ4v) is 6.83. The fraction of sp³-hybridized carbons (Fsp3) is 0.292. The van der Waals surface area contributed by atoms with E-state index in [1.165, 1.54) is 22.2 Å². The number of benzene rings is 2. The van der Waals surface area contributed by atoms with Crippen LogP contribution in [0.4, 0.5) is 0 Å². The summed E-state index contributed by atoms with van der Waals surface area (Å²) in [6.07, 6.45) is 3.31. The van der Waals surface area contributed by atoms with Gasteiger partial charge in [0.05, 0.1) is 39.1 Å². The van der Waals surface area contributed by atoms with Gasteiger partial charge in [-0.2, -0.15) is 0 Å². The predicted molar refractivity (Wildman–Crippen MR) is 145 cm³/mol. The molecule has 0 atom stereocenters. The molecule has 0 saturated carbocycles. The second-order valence-electron chi connectivity index (χ2n) is 8.11. The molecule has 2 N–H and O–H groups in total. The highest BCUT2D eigenvalue weighted by Crippen LogP contribution is 2.34. The highest BCUT2D eigenvalue weighted by atomic mass is 35.5. The Kier molecular flexibility index (Phi) is 7.24. The van der Waals surface area contributed by atoms with E-state index >= 15 is 0 Å². The number of amidine groups is 1. The van der Waals surface area contributed by atoms with Crippen molar-refractivity contribution in [1.29, 1.82) is 0 Å². The maximum Gasteiger partial charge on any atom is 0.177 e. The highest BCUT2D eigenvalue weighted by Gasteiger charge is 2.24. The van der Waals surface area contributed by atoms with Gasteiger partial charge in [-0.15, -0.1) is 11.8 Å². The predicted octanol–water partition coefficient (Wildman–Crippen LogP) is 5.86. The number of rotatable bonds is 4. The van der Waals surface area contributed by atoms with Crippen LogP contribution in [0.2, 0.25) is 10.0 Å². The second kappa shape index (κ2) is 9.85. The average Bonchev–Trinajstić information content (AvgIpc) is 3.46. The lowest BCUT2D eigenvalue weighted by molar-refractivity contribution is 0.601. The molecule has 1 aliphatic heterocycles. The van der Waals surface area contributed by atoms with Gasteiger partial charge in [0.1, 0.15) is 5.84 Å². The number of aryl methyl sites for hydroxylation is 1. The van der Waals surface area contributed by atoms with E-state index in [1.54, 1.807) is 30.0 Å². The Hall–Kier alpha value is -2.13. The first-order valence-corrected chi connectivity index (χ1v) is 14.6. The van der Waals surface area contributed by atoms with Gasteiger partial charge in [0.15, 0.2) is 9.84 Å². The summed E-state index contributed by atoms with van der Waals surface area (Å²) in [5, 5.41) is 6.43. The first kappa shape index (κ1) is 25.0. The molecule has 0 radical (unpaired) electrons. The lowest BCUT2D eigenvalue weighted by Crippen LogP contribution is -2.24. The number of aromatic nitrogens is 2. The number of aromatic amines is 1. The van der Waals surface area contributed by atoms with Crippen molar-refractivity contribution in [2.45, 2.75) is 30.2 Å². The molecule has 0 amide bonds. The smallest absolute Gasteiger partial charge is 0.177 e. The summed E-state index contributed by atoms with van der Waals surface area (Å²) in [4.78, 5) is 9.30. The van der Waals surface area contributed by atoms with E-state index in [1.807, 2.05) is 23.6 Å². The summed E-state index contributed by atoms with van der Waals surface area (Å²) in [6, 6.07) is 11.3. The Morgan fingerprint density at radius 3 is 2.38 bits per heavy atom. The van der Waals surface area contributed by atoms with Crippen molar-refractivity contribution in [3.8, 4) is 0 Å². The summed E-state index contributed by atoms with van der Waals surface area (Å²) in [7, 11) is -3.33. The maximum absolute atomic E-state index is 12.1. The van der Waals surface area contributed by atoms with Crippen molar-refractivity contribution in [2.75, 3.05) is 25.6 Å². The van der Waals surface area contributed by atoms with Crippen molar-refractivity contribution in [1.82, 2.24) is 14.9 Å². The van der Waals surface area contributed by atoms with E-state index in [0.717, 1.165) is 35.0 Å². The number of nitrogens with one attached hydrogen (secondary N) is 2. The van der Waals surface area contributed by atoms with Gasteiger partial charge in [-0.1, -0.05) is 47.5 Å². The zero-order chi connectivity index (χ0) is 24.6. The van der Waals surface area contributed by atoms with Gasteiger partial charge < -0.3 is 14.9 Å². The third kappa shape index (κ3) is 4.69. The van der Waals surface area contributed by atoms with Crippen LogP contribution in [-0.4, -0.2) is 49.4 Å². The number of hydrogen-bond acceptors (Lipinski definition) is 5. The van der Waals surface area contributed by atoms with Gasteiger partial charge in [-0.25, -0.2) is 8.42 Å².